The molecule has 0 saturated carbocycles. The van der Waals surface area contributed by atoms with Crippen LogP contribution in [0.3, 0.4) is 0 Å². The highest BCUT2D eigenvalue weighted by atomic mass is 16.3. The molecule has 3 heteroatoms. The number of aliphatic imine (C=N–C) groups is 1. The van der Waals surface area contributed by atoms with Gasteiger partial charge in [0.25, 0.3) is 0 Å². The Morgan fingerprint density at radius 2 is 1.59 bits per heavy atom. The fourth-order valence-electron chi connectivity index (χ4n) is 3.77. The molecule has 3 nitrogen and oxygen atoms in total. The zero-order valence-corrected chi connectivity index (χ0v) is 17.6. The van der Waals surface area contributed by atoms with Crippen LogP contribution in [0.2, 0.25) is 0 Å². The molecule has 0 aliphatic carbocycles. The monoisotopic (exact) mass is 366 g/mol. The maximum absolute atomic E-state index is 9.62. The van der Waals surface area contributed by atoms with Crippen LogP contribution >= 0.6 is 0 Å². The second-order valence-electron chi connectivity index (χ2n) is 7.46. The number of phenolic OH excluding ortho intramolecular Hbond substituents is 1. The number of piperidine rings is 1. The lowest BCUT2D eigenvalue weighted by Gasteiger charge is -2.31. The van der Waals surface area contributed by atoms with Gasteiger partial charge in [0.15, 0.2) is 0 Å². The summed E-state index contributed by atoms with van der Waals surface area (Å²) in [5.41, 5.74) is 7.94. The van der Waals surface area contributed by atoms with Crippen molar-refractivity contribution in [1.29, 1.82) is 0 Å². The molecule has 1 N–H and O–H groups in total. The summed E-state index contributed by atoms with van der Waals surface area (Å²) in [6.07, 6.45) is 4.76. The Hall–Kier alpha value is -2.29. The second kappa shape index (κ2) is 9.59. The summed E-state index contributed by atoms with van der Waals surface area (Å²) < 4.78 is 0. The van der Waals surface area contributed by atoms with Crippen molar-refractivity contribution in [3.63, 3.8) is 0 Å². The molecule has 1 aliphatic heterocycles. The first-order valence-electron chi connectivity index (χ1n) is 10.0. The molecule has 1 saturated heterocycles. The van der Waals surface area contributed by atoms with Crippen LogP contribution in [-0.4, -0.2) is 28.8 Å². The summed E-state index contributed by atoms with van der Waals surface area (Å²) >= 11 is 0. The molecule has 0 spiro atoms. The Morgan fingerprint density at radius 1 is 1.00 bits per heavy atom. The summed E-state index contributed by atoms with van der Waals surface area (Å²) in [4.78, 5) is 7.33. The van der Waals surface area contributed by atoms with Gasteiger partial charge < -0.3 is 10.0 Å². The first-order chi connectivity index (χ1) is 12.8. The third-order valence-electron chi connectivity index (χ3n) is 5.41. The number of likely N-dealkylation sites (tertiary alicyclic amines) is 1. The number of nitrogens with zero attached hydrogens (tertiary/aromatic N) is 2. The summed E-state index contributed by atoms with van der Waals surface area (Å²) in [5.74, 6) is 0.291. The predicted molar refractivity (Wildman–Crippen MR) is 117 cm³/mol. The van der Waals surface area contributed by atoms with E-state index in [2.05, 4.69) is 39.2 Å². The van der Waals surface area contributed by atoms with Gasteiger partial charge in [0.2, 0.25) is 0 Å². The third-order valence-corrected chi connectivity index (χ3v) is 5.41. The normalized spacial score (nSPS) is 17.4. The van der Waals surface area contributed by atoms with E-state index in [9.17, 15) is 5.11 Å². The van der Waals surface area contributed by atoms with Crippen molar-refractivity contribution in [2.75, 3.05) is 13.1 Å². The van der Waals surface area contributed by atoms with E-state index in [-0.39, 0.29) is 0 Å². The van der Waals surface area contributed by atoms with Gasteiger partial charge >= 0.3 is 0 Å². The number of aromatic hydroxyl groups is 1. The molecule has 1 fully saturated rings. The first-order valence-corrected chi connectivity index (χ1v) is 10.0. The van der Waals surface area contributed by atoms with Crippen molar-refractivity contribution in [2.45, 2.75) is 60.3 Å². The summed E-state index contributed by atoms with van der Waals surface area (Å²) in [5, 5.41) is 9.62. The van der Waals surface area contributed by atoms with Gasteiger partial charge in [0, 0.05) is 24.5 Å². The van der Waals surface area contributed by atoms with E-state index in [1.807, 2.05) is 19.1 Å². The quantitative estimate of drug-likeness (QED) is 0.597. The topological polar surface area (TPSA) is 35.8 Å². The lowest BCUT2D eigenvalue weighted by Crippen LogP contribution is -2.29. The van der Waals surface area contributed by atoms with E-state index < -0.39 is 0 Å². The average Bonchev–Trinajstić information content (AvgIpc) is 2.67. The minimum absolute atomic E-state index is 0.291. The SMILES string of the molecule is C=C(C)N=C(/C(C)=C(\CC)c1ccc(O)cc1)/C(C)=C(\C)N1CCCCC1. The van der Waals surface area contributed by atoms with E-state index in [0.717, 1.165) is 36.5 Å². The van der Waals surface area contributed by atoms with Crippen LogP contribution in [0.15, 0.2) is 58.4 Å². The molecule has 27 heavy (non-hydrogen) atoms. The van der Waals surface area contributed by atoms with Gasteiger partial charge in [-0.25, -0.2) is 0 Å². The Balaban J connectivity index is 2.53. The summed E-state index contributed by atoms with van der Waals surface area (Å²) in [6.45, 7) is 16.9. The van der Waals surface area contributed by atoms with Crippen LogP contribution in [0.1, 0.15) is 65.9 Å². The van der Waals surface area contributed by atoms with E-state index in [4.69, 9.17) is 4.99 Å². The molecule has 0 bridgehead atoms. The molecular formula is C24H34N2O. The third kappa shape index (κ3) is 5.35. The maximum Gasteiger partial charge on any atom is 0.115 e. The Kier molecular flexibility index (Phi) is 7.46. The number of phenols is 1. The van der Waals surface area contributed by atoms with Crippen molar-refractivity contribution in [2.24, 2.45) is 4.99 Å². The molecule has 1 aromatic carbocycles. The molecule has 0 aromatic heterocycles. The smallest absolute Gasteiger partial charge is 0.115 e. The molecular weight excluding hydrogens is 332 g/mol. The molecule has 0 amide bonds. The molecule has 0 unspecified atom stereocenters. The predicted octanol–water partition coefficient (Wildman–Crippen LogP) is 6.33. The molecule has 1 aromatic rings. The number of hydrogen-bond acceptors (Lipinski definition) is 3. The molecule has 0 radical (unpaired) electrons. The van der Waals surface area contributed by atoms with Gasteiger partial charge in [-0.2, -0.15) is 0 Å². The molecule has 1 heterocycles. The fraction of sp³-hybridized carbons (Fsp3) is 0.458. The summed E-state index contributed by atoms with van der Waals surface area (Å²) in [7, 11) is 0. The van der Waals surface area contributed by atoms with Crippen LogP contribution in [0.5, 0.6) is 5.75 Å². The van der Waals surface area contributed by atoms with Gasteiger partial charge in [-0.05, 0) is 87.8 Å². The van der Waals surface area contributed by atoms with Crippen LogP contribution in [0, 0.1) is 0 Å². The highest BCUT2D eigenvalue weighted by molar-refractivity contribution is 6.16. The van der Waals surface area contributed by atoms with E-state index in [1.54, 1.807) is 12.1 Å². The van der Waals surface area contributed by atoms with Gasteiger partial charge in [-0.15, -0.1) is 0 Å². The van der Waals surface area contributed by atoms with Crippen LogP contribution in [0.4, 0.5) is 0 Å². The zero-order chi connectivity index (χ0) is 20.0. The molecule has 0 atom stereocenters. The minimum Gasteiger partial charge on any atom is -0.508 e. The molecule has 2 rings (SSSR count). The van der Waals surface area contributed by atoms with Crippen molar-refractivity contribution in [3.05, 3.63) is 58.9 Å². The lowest BCUT2D eigenvalue weighted by molar-refractivity contribution is 0.284. The Labute approximate surface area is 164 Å². The Morgan fingerprint density at radius 3 is 2.11 bits per heavy atom. The van der Waals surface area contributed by atoms with Gasteiger partial charge in [-0.1, -0.05) is 25.6 Å². The van der Waals surface area contributed by atoms with Crippen molar-refractivity contribution in [3.8, 4) is 5.75 Å². The number of rotatable bonds is 6. The number of allylic oxidation sites excluding steroid dienone is 5. The van der Waals surface area contributed by atoms with Gasteiger partial charge in [0.05, 0.1) is 5.71 Å². The van der Waals surface area contributed by atoms with E-state index in [0.29, 0.717) is 5.75 Å². The zero-order valence-electron chi connectivity index (χ0n) is 17.6. The number of hydrogen-bond donors (Lipinski definition) is 1. The lowest BCUT2D eigenvalue weighted by atomic mass is 9.92. The largest absolute Gasteiger partial charge is 0.508 e. The first kappa shape index (κ1) is 21.0. The van der Waals surface area contributed by atoms with Crippen LogP contribution in [-0.2, 0) is 0 Å². The summed E-state index contributed by atoms with van der Waals surface area (Å²) in [6, 6.07) is 7.45. The standard InChI is InChI=1S/C24H34N2O/c1-7-23(21-11-13-22(27)14-12-21)19(5)24(25-17(2)3)18(4)20(6)26-15-9-8-10-16-26/h11-14,27H,2,7-10,15-16H2,1,3-6H3/b20-18+,23-19+,25-24?. The van der Waals surface area contributed by atoms with Crippen LogP contribution < -0.4 is 0 Å². The van der Waals surface area contributed by atoms with E-state index >= 15 is 0 Å². The van der Waals surface area contributed by atoms with Crippen LogP contribution in [0.25, 0.3) is 5.57 Å². The fourth-order valence-corrected chi connectivity index (χ4v) is 3.77. The maximum atomic E-state index is 9.62. The second-order valence-corrected chi connectivity index (χ2v) is 7.46. The minimum atomic E-state index is 0.291. The Bertz CT molecular complexity index is 760. The molecule has 146 valence electrons. The van der Waals surface area contributed by atoms with Gasteiger partial charge in [0.1, 0.15) is 5.75 Å². The van der Waals surface area contributed by atoms with E-state index in [1.165, 1.54) is 41.7 Å². The van der Waals surface area contributed by atoms with Gasteiger partial charge in [-0.3, -0.25) is 4.99 Å². The van der Waals surface area contributed by atoms with Crippen molar-refractivity contribution in [1.82, 2.24) is 4.90 Å². The highest BCUT2D eigenvalue weighted by Gasteiger charge is 2.18. The van der Waals surface area contributed by atoms with Crippen molar-refractivity contribution >= 4 is 11.3 Å². The number of benzene rings is 1. The van der Waals surface area contributed by atoms with Crippen molar-refractivity contribution < 1.29 is 5.11 Å². The average molecular weight is 367 g/mol. The molecule has 1 aliphatic rings. The highest BCUT2D eigenvalue weighted by Crippen LogP contribution is 2.28.